The Balaban J connectivity index is 2.22. The van der Waals surface area contributed by atoms with Gasteiger partial charge in [0, 0.05) is 18.7 Å². The lowest BCUT2D eigenvalue weighted by Crippen LogP contribution is -2.37. The van der Waals surface area contributed by atoms with Gasteiger partial charge in [0.2, 0.25) is 0 Å². The van der Waals surface area contributed by atoms with Gasteiger partial charge < -0.3 is 10.1 Å². The Morgan fingerprint density at radius 3 is 2.76 bits per heavy atom. The Morgan fingerprint density at radius 1 is 1.43 bits per heavy atom. The number of rotatable bonds is 4. The predicted molar refractivity (Wildman–Crippen MR) is 74.2 cm³/mol. The lowest BCUT2D eigenvalue weighted by atomic mass is 9.95. The number of hydrogen-bond acceptors (Lipinski definition) is 4. The van der Waals surface area contributed by atoms with E-state index in [0.29, 0.717) is 25.4 Å². The number of benzene rings is 1. The van der Waals surface area contributed by atoms with Crippen LogP contribution in [0.2, 0.25) is 0 Å². The zero-order valence-electron chi connectivity index (χ0n) is 11.9. The van der Waals surface area contributed by atoms with Crippen molar-refractivity contribution in [1.82, 2.24) is 0 Å². The van der Waals surface area contributed by atoms with E-state index in [2.05, 4.69) is 5.32 Å². The monoisotopic (exact) mass is 300 g/mol. The van der Waals surface area contributed by atoms with Crippen LogP contribution < -0.4 is 5.32 Å². The van der Waals surface area contributed by atoms with Gasteiger partial charge in [-0.3, -0.25) is 10.1 Å². The van der Waals surface area contributed by atoms with Crippen LogP contribution in [-0.2, 0) is 4.74 Å². The molecule has 1 saturated heterocycles. The molecule has 1 aliphatic heterocycles. The maximum atomic E-state index is 13.9. The molecule has 0 aromatic heterocycles. The summed E-state index contributed by atoms with van der Waals surface area (Å²) in [4.78, 5) is 10.2. The van der Waals surface area contributed by atoms with E-state index >= 15 is 0 Å². The van der Waals surface area contributed by atoms with E-state index in [1.54, 1.807) is 0 Å². The molecule has 116 valence electrons. The molecule has 1 fully saturated rings. The largest absolute Gasteiger partial charge is 0.378 e. The van der Waals surface area contributed by atoms with Crippen molar-refractivity contribution in [1.29, 1.82) is 0 Å². The van der Waals surface area contributed by atoms with Crippen molar-refractivity contribution in [3.05, 3.63) is 33.9 Å². The number of nitro groups is 1. The molecule has 1 heterocycles. The first kappa shape index (κ1) is 15.6. The fraction of sp³-hybridized carbons (Fsp3) is 0.571. The van der Waals surface area contributed by atoms with Gasteiger partial charge in [-0.1, -0.05) is 13.8 Å². The summed E-state index contributed by atoms with van der Waals surface area (Å²) in [7, 11) is 0. The molecule has 1 aliphatic rings. The zero-order valence-corrected chi connectivity index (χ0v) is 11.9. The van der Waals surface area contributed by atoms with E-state index in [9.17, 15) is 18.9 Å². The molecular formula is C14H18F2N2O3. The predicted octanol–water partition coefficient (Wildman–Crippen LogP) is 3.49. The lowest BCUT2D eigenvalue weighted by molar-refractivity contribution is -0.384. The molecule has 2 rings (SSSR count). The summed E-state index contributed by atoms with van der Waals surface area (Å²) in [6, 6.07) is 1.56. The van der Waals surface area contributed by atoms with Gasteiger partial charge in [-0.05, 0) is 24.8 Å². The molecular weight excluding hydrogens is 282 g/mol. The molecule has 21 heavy (non-hydrogen) atoms. The molecule has 7 heteroatoms. The third-order valence-corrected chi connectivity index (χ3v) is 3.68. The second-order valence-electron chi connectivity index (χ2n) is 5.53. The highest BCUT2D eigenvalue weighted by Gasteiger charge is 2.29. The van der Waals surface area contributed by atoms with Gasteiger partial charge in [0.05, 0.1) is 11.0 Å². The molecule has 0 bridgehead atoms. The van der Waals surface area contributed by atoms with Gasteiger partial charge in [0.15, 0.2) is 17.3 Å². The van der Waals surface area contributed by atoms with Gasteiger partial charge in [-0.15, -0.1) is 0 Å². The molecule has 1 aromatic rings. The van der Waals surface area contributed by atoms with Crippen LogP contribution in [0.25, 0.3) is 0 Å². The maximum absolute atomic E-state index is 13.9. The average Bonchev–Trinajstić information content (AvgIpc) is 2.44. The third kappa shape index (κ3) is 3.47. The van der Waals surface area contributed by atoms with Crippen molar-refractivity contribution in [2.24, 2.45) is 5.92 Å². The summed E-state index contributed by atoms with van der Waals surface area (Å²) in [6.07, 6.45) is 1.20. The SMILES string of the molecule is CC(C)C1CC(Nc2c([N+](=O)[O-])ccc(F)c2F)CCO1. The third-order valence-electron chi connectivity index (χ3n) is 3.68. The topological polar surface area (TPSA) is 64.4 Å². The van der Waals surface area contributed by atoms with Gasteiger partial charge in [-0.2, -0.15) is 0 Å². The normalized spacial score (nSPS) is 22.3. The zero-order chi connectivity index (χ0) is 15.6. The van der Waals surface area contributed by atoms with E-state index in [1.165, 1.54) is 0 Å². The molecule has 1 aromatic carbocycles. The van der Waals surface area contributed by atoms with Crippen LogP contribution in [0, 0.1) is 27.7 Å². The smallest absolute Gasteiger partial charge is 0.295 e. The maximum Gasteiger partial charge on any atom is 0.295 e. The minimum absolute atomic E-state index is 0.00641. The van der Waals surface area contributed by atoms with Crippen LogP contribution in [0.4, 0.5) is 20.2 Å². The molecule has 0 spiro atoms. The van der Waals surface area contributed by atoms with Crippen molar-refractivity contribution in [2.75, 3.05) is 11.9 Å². The summed E-state index contributed by atoms with van der Waals surface area (Å²) < 4.78 is 32.8. The number of nitrogens with zero attached hydrogens (tertiary/aromatic N) is 1. The number of nitrogens with one attached hydrogen (secondary N) is 1. The van der Waals surface area contributed by atoms with Crippen LogP contribution in [0.5, 0.6) is 0 Å². The number of ether oxygens (including phenoxy) is 1. The first-order valence-electron chi connectivity index (χ1n) is 6.90. The highest BCUT2D eigenvalue weighted by Crippen LogP contribution is 2.32. The summed E-state index contributed by atoms with van der Waals surface area (Å²) in [5.41, 5.74) is -0.837. The number of anilines is 1. The minimum Gasteiger partial charge on any atom is -0.378 e. The van der Waals surface area contributed by atoms with E-state index in [-0.39, 0.29) is 17.8 Å². The number of halogens is 2. The first-order valence-corrected chi connectivity index (χ1v) is 6.90. The Hall–Kier alpha value is -1.76. The molecule has 2 unspecified atom stereocenters. The molecule has 2 atom stereocenters. The fourth-order valence-corrected chi connectivity index (χ4v) is 2.46. The Kier molecular flexibility index (Phi) is 4.72. The van der Waals surface area contributed by atoms with Crippen LogP contribution in [0.3, 0.4) is 0 Å². The van der Waals surface area contributed by atoms with Crippen LogP contribution in [-0.4, -0.2) is 23.7 Å². The highest BCUT2D eigenvalue weighted by molar-refractivity contribution is 5.63. The van der Waals surface area contributed by atoms with Crippen molar-refractivity contribution >= 4 is 11.4 Å². The first-order chi connectivity index (χ1) is 9.90. The van der Waals surface area contributed by atoms with Crippen molar-refractivity contribution in [3.8, 4) is 0 Å². The number of nitro benzene ring substituents is 1. The fourth-order valence-electron chi connectivity index (χ4n) is 2.46. The molecule has 0 aliphatic carbocycles. The van der Waals surface area contributed by atoms with Gasteiger partial charge in [-0.25, -0.2) is 8.78 Å². The Bertz CT molecular complexity index is 537. The second-order valence-corrected chi connectivity index (χ2v) is 5.53. The minimum atomic E-state index is -1.21. The summed E-state index contributed by atoms with van der Waals surface area (Å²) in [5.74, 6) is -2.02. The molecule has 0 saturated carbocycles. The standard InChI is InChI=1S/C14H18F2N2O3/c1-8(2)12-7-9(5-6-21-12)17-14-11(18(19)20)4-3-10(15)13(14)16/h3-4,8-9,12,17H,5-7H2,1-2H3. The van der Waals surface area contributed by atoms with E-state index in [4.69, 9.17) is 4.74 Å². The quantitative estimate of drug-likeness (QED) is 0.683. The van der Waals surface area contributed by atoms with E-state index < -0.39 is 22.2 Å². The Morgan fingerprint density at radius 2 is 2.14 bits per heavy atom. The molecule has 0 radical (unpaired) electrons. The summed E-state index contributed by atoms with van der Waals surface area (Å²) >= 11 is 0. The average molecular weight is 300 g/mol. The van der Waals surface area contributed by atoms with Crippen molar-refractivity contribution in [3.63, 3.8) is 0 Å². The molecule has 5 nitrogen and oxygen atoms in total. The van der Waals surface area contributed by atoms with E-state index in [0.717, 1.165) is 12.1 Å². The van der Waals surface area contributed by atoms with Crippen LogP contribution >= 0.6 is 0 Å². The van der Waals surface area contributed by atoms with Crippen LogP contribution in [0.1, 0.15) is 26.7 Å². The van der Waals surface area contributed by atoms with Crippen LogP contribution in [0.15, 0.2) is 12.1 Å². The summed E-state index contributed by atoms with van der Waals surface area (Å²) in [6.45, 7) is 4.52. The van der Waals surface area contributed by atoms with Gasteiger partial charge in [0.25, 0.3) is 5.69 Å². The summed E-state index contributed by atoms with van der Waals surface area (Å²) in [5, 5.41) is 13.7. The van der Waals surface area contributed by atoms with Gasteiger partial charge in [0.1, 0.15) is 0 Å². The van der Waals surface area contributed by atoms with E-state index in [1.807, 2.05) is 13.8 Å². The number of hydrogen-bond donors (Lipinski definition) is 1. The van der Waals surface area contributed by atoms with Crippen molar-refractivity contribution in [2.45, 2.75) is 38.8 Å². The molecule has 0 amide bonds. The highest BCUT2D eigenvalue weighted by atomic mass is 19.2. The second kappa shape index (κ2) is 6.34. The Labute approximate surface area is 121 Å². The van der Waals surface area contributed by atoms with Crippen molar-refractivity contribution < 1.29 is 18.4 Å². The van der Waals surface area contributed by atoms with Gasteiger partial charge >= 0.3 is 0 Å². The molecule has 1 N–H and O–H groups in total. The lowest BCUT2D eigenvalue weighted by Gasteiger charge is -2.32.